The average molecular weight is 373 g/mol. The van der Waals surface area contributed by atoms with Crippen LogP contribution in [0.2, 0.25) is 0 Å². The van der Waals surface area contributed by atoms with Crippen molar-refractivity contribution in [1.29, 1.82) is 0 Å². The molecule has 0 saturated carbocycles. The van der Waals surface area contributed by atoms with E-state index in [1.165, 1.54) is 12.0 Å². The lowest BCUT2D eigenvalue weighted by atomic mass is 10.0. The second-order valence-electron chi connectivity index (χ2n) is 7.69. The molecular weight excluding hydrogens is 342 g/mol. The number of amides is 2. The van der Waals surface area contributed by atoms with E-state index < -0.39 is 0 Å². The van der Waals surface area contributed by atoms with Gasteiger partial charge in [-0.05, 0) is 45.2 Å². The maximum Gasteiger partial charge on any atom is 0.260 e. The van der Waals surface area contributed by atoms with Gasteiger partial charge in [0, 0.05) is 38.8 Å². The Balaban J connectivity index is 1.39. The lowest BCUT2D eigenvalue weighted by molar-refractivity contribution is -0.138. The Morgan fingerprint density at radius 2 is 1.70 bits per heavy atom. The molecule has 2 amide bonds. The molecule has 2 aliphatic heterocycles. The standard InChI is InChI=1S/C21H31N3O3/c1-17-6-8-19(9-7-17)27-16-21(26)23-13-11-22(12-14-23)15-20(25)24-10-4-3-5-18(24)2/h6-9,18H,3-5,10-16H2,1-2H3. The van der Waals surface area contributed by atoms with E-state index in [0.29, 0.717) is 31.4 Å². The first-order valence-corrected chi connectivity index (χ1v) is 10.0. The van der Waals surface area contributed by atoms with Crippen molar-refractivity contribution in [2.45, 2.75) is 39.2 Å². The predicted molar refractivity (Wildman–Crippen MR) is 105 cm³/mol. The number of hydrogen-bond donors (Lipinski definition) is 0. The van der Waals surface area contributed by atoms with Gasteiger partial charge in [-0.2, -0.15) is 0 Å². The molecule has 2 aliphatic rings. The number of piperazine rings is 1. The summed E-state index contributed by atoms with van der Waals surface area (Å²) in [7, 11) is 0. The van der Waals surface area contributed by atoms with Crippen molar-refractivity contribution < 1.29 is 14.3 Å². The van der Waals surface area contributed by atoms with Crippen LogP contribution >= 0.6 is 0 Å². The van der Waals surface area contributed by atoms with Crippen molar-refractivity contribution >= 4 is 11.8 Å². The number of carbonyl (C=O) groups is 2. The van der Waals surface area contributed by atoms with E-state index in [9.17, 15) is 9.59 Å². The predicted octanol–water partition coefficient (Wildman–Crippen LogP) is 1.92. The summed E-state index contributed by atoms with van der Waals surface area (Å²) < 4.78 is 5.59. The molecule has 1 atom stereocenters. The van der Waals surface area contributed by atoms with Crippen LogP contribution < -0.4 is 4.74 Å². The number of nitrogens with zero attached hydrogens (tertiary/aromatic N) is 3. The van der Waals surface area contributed by atoms with Gasteiger partial charge >= 0.3 is 0 Å². The van der Waals surface area contributed by atoms with Crippen LogP contribution in [0.15, 0.2) is 24.3 Å². The smallest absolute Gasteiger partial charge is 0.260 e. The van der Waals surface area contributed by atoms with Gasteiger partial charge < -0.3 is 14.5 Å². The lowest BCUT2D eigenvalue weighted by Gasteiger charge is -2.38. The summed E-state index contributed by atoms with van der Waals surface area (Å²) in [6.45, 7) is 8.35. The summed E-state index contributed by atoms with van der Waals surface area (Å²) in [5.41, 5.74) is 1.17. The zero-order valence-corrected chi connectivity index (χ0v) is 16.5. The van der Waals surface area contributed by atoms with Crippen LogP contribution in [0.4, 0.5) is 0 Å². The molecule has 0 bridgehead atoms. The number of aryl methyl sites for hydroxylation is 1. The molecule has 3 rings (SSSR count). The van der Waals surface area contributed by atoms with Gasteiger partial charge in [0.1, 0.15) is 5.75 Å². The topological polar surface area (TPSA) is 53.1 Å². The van der Waals surface area contributed by atoms with Crippen molar-refractivity contribution in [3.8, 4) is 5.75 Å². The van der Waals surface area contributed by atoms with Crippen LogP contribution in [0.3, 0.4) is 0 Å². The van der Waals surface area contributed by atoms with Crippen molar-refractivity contribution in [1.82, 2.24) is 14.7 Å². The zero-order chi connectivity index (χ0) is 19.2. The van der Waals surface area contributed by atoms with E-state index in [1.54, 1.807) is 0 Å². The summed E-state index contributed by atoms with van der Waals surface area (Å²) in [5.74, 6) is 0.949. The van der Waals surface area contributed by atoms with E-state index in [4.69, 9.17) is 4.74 Å². The van der Waals surface area contributed by atoms with Crippen LogP contribution in [-0.4, -0.2) is 78.4 Å². The summed E-state index contributed by atoms with van der Waals surface area (Å²) in [6.07, 6.45) is 3.44. The first-order chi connectivity index (χ1) is 13.0. The number of ether oxygens (including phenoxy) is 1. The van der Waals surface area contributed by atoms with Crippen LogP contribution in [0, 0.1) is 6.92 Å². The van der Waals surface area contributed by atoms with E-state index in [-0.39, 0.29) is 18.4 Å². The summed E-state index contributed by atoms with van der Waals surface area (Å²) >= 11 is 0. The van der Waals surface area contributed by atoms with Crippen molar-refractivity contribution in [3.05, 3.63) is 29.8 Å². The quantitative estimate of drug-likeness (QED) is 0.791. The van der Waals surface area contributed by atoms with Crippen molar-refractivity contribution in [2.24, 2.45) is 0 Å². The van der Waals surface area contributed by atoms with Gasteiger partial charge in [0.2, 0.25) is 5.91 Å². The highest BCUT2D eigenvalue weighted by Gasteiger charge is 2.27. The molecule has 2 fully saturated rings. The molecular formula is C21H31N3O3. The first-order valence-electron chi connectivity index (χ1n) is 10.0. The SMILES string of the molecule is Cc1ccc(OCC(=O)N2CCN(CC(=O)N3CCCCC3C)CC2)cc1. The summed E-state index contributed by atoms with van der Waals surface area (Å²) in [5, 5.41) is 0. The van der Waals surface area contributed by atoms with Crippen molar-refractivity contribution in [2.75, 3.05) is 45.9 Å². The second kappa shape index (κ2) is 9.22. The van der Waals surface area contributed by atoms with Gasteiger partial charge in [0.15, 0.2) is 6.61 Å². The molecule has 148 valence electrons. The third-order valence-electron chi connectivity index (χ3n) is 5.59. The fourth-order valence-electron chi connectivity index (χ4n) is 3.78. The average Bonchev–Trinajstić information content (AvgIpc) is 2.68. The third-order valence-corrected chi connectivity index (χ3v) is 5.59. The maximum absolute atomic E-state index is 12.6. The molecule has 0 N–H and O–H groups in total. The highest BCUT2D eigenvalue weighted by atomic mass is 16.5. The Labute approximate surface area is 162 Å². The molecule has 6 nitrogen and oxygen atoms in total. The Hall–Kier alpha value is -2.08. The number of piperidine rings is 1. The number of carbonyl (C=O) groups excluding carboxylic acids is 2. The van der Waals surface area contributed by atoms with Gasteiger partial charge in [-0.3, -0.25) is 14.5 Å². The molecule has 0 spiro atoms. The van der Waals surface area contributed by atoms with E-state index in [0.717, 1.165) is 32.5 Å². The monoisotopic (exact) mass is 373 g/mol. The number of benzene rings is 1. The molecule has 0 radical (unpaired) electrons. The maximum atomic E-state index is 12.6. The minimum Gasteiger partial charge on any atom is -0.484 e. The largest absolute Gasteiger partial charge is 0.484 e. The normalized spacial score (nSPS) is 21.2. The highest BCUT2D eigenvalue weighted by molar-refractivity contribution is 5.79. The Morgan fingerprint density at radius 3 is 2.37 bits per heavy atom. The van der Waals surface area contributed by atoms with Gasteiger partial charge in [-0.15, -0.1) is 0 Å². The van der Waals surface area contributed by atoms with Gasteiger partial charge in [-0.25, -0.2) is 0 Å². The Kier molecular flexibility index (Phi) is 6.72. The Bertz CT molecular complexity index is 639. The number of rotatable bonds is 5. The number of hydrogen-bond acceptors (Lipinski definition) is 4. The molecule has 0 aromatic heterocycles. The minimum atomic E-state index is 0.00574. The molecule has 27 heavy (non-hydrogen) atoms. The number of likely N-dealkylation sites (tertiary alicyclic amines) is 1. The fourth-order valence-corrected chi connectivity index (χ4v) is 3.78. The van der Waals surface area contributed by atoms with Gasteiger partial charge in [-0.1, -0.05) is 17.7 Å². The third kappa shape index (κ3) is 5.45. The van der Waals surface area contributed by atoms with Gasteiger partial charge in [0.05, 0.1) is 6.54 Å². The summed E-state index contributed by atoms with van der Waals surface area (Å²) in [6, 6.07) is 8.06. The molecule has 1 aromatic carbocycles. The van der Waals surface area contributed by atoms with Crippen LogP contribution in [0.5, 0.6) is 5.75 Å². The molecule has 6 heteroatoms. The van der Waals surface area contributed by atoms with E-state index >= 15 is 0 Å². The molecule has 2 saturated heterocycles. The fraction of sp³-hybridized carbons (Fsp3) is 0.619. The zero-order valence-electron chi connectivity index (χ0n) is 16.5. The molecule has 2 heterocycles. The van der Waals surface area contributed by atoms with Crippen molar-refractivity contribution in [3.63, 3.8) is 0 Å². The summed E-state index contributed by atoms with van der Waals surface area (Å²) in [4.78, 5) is 30.9. The second-order valence-corrected chi connectivity index (χ2v) is 7.69. The molecule has 1 unspecified atom stereocenters. The lowest BCUT2D eigenvalue weighted by Crippen LogP contribution is -2.53. The highest BCUT2D eigenvalue weighted by Crippen LogP contribution is 2.17. The van der Waals surface area contributed by atoms with Crippen LogP contribution in [-0.2, 0) is 9.59 Å². The van der Waals surface area contributed by atoms with E-state index in [1.807, 2.05) is 41.0 Å². The minimum absolute atomic E-state index is 0.00574. The van der Waals surface area contributed by atoms with Crippen LogP contribution in [0.25, 0.3) is 0 Å². The molecule has 0 aliphatic carbocycles. The van der Waals surface area contributed by atoms with E-state index in [2.05, 4.69) is 11.8 Å². The first kappa shape index (κ1) is 19.7. The Morgan fingerprint density at radius 1 is 1.00 bits per heavy atom. The van der Waals surface area contributed by atoms with Crippen LogP contribution in [0.1, 0.15) is 31.7 Å². The molecule has 1 aromatic rings. The van der Waals surface area contributed by atoms with Gasteiger partial charge in [0.25, 0.3) is 5.91 Å².